The maximum Gasteiger partial charge on any atom is 0.451 e. The summed E-state index contributed by atoms with van der Waals surface area (Å²) in [5, 5.41) is 53.5. The van der Waals surface area contributed by atoms with E-state index in [0.29, 0.717) is 18.6 Å². The Hall–Kier alpha value is -3.70. The number of aromatic nitrogens is 12. The maximum atomic E-state index is 10.9. The summed E-state index contributed by atoms with van der Waals surface area (Å²) in [4.78, 5) is 50.4. The van der Waals surface area contributed by atoms with Crippen LogP contribution in [0, 0.1) is 37.9 Å². The zero-order chi connectivity index (χ0) is 58.1. The number of carbonyl (C=O) groups is 3. The van der Waals surface area contributed by atoms with Crippen molar-refractivity contribution in [3.05, 3.63) is 17.5 Å². The number of sulfone groups is 1. The molecule has 0 spiro atoms. The first-order chi connectivity index (χ1) is 31.6. The molecular weight excluding hydrogens is 990 g/mol. The van der Waals surface area contributed by atoms with E-state index in [9.17, 15) is 27.4 Å². The Morgan fingerprint density at radius 1 is 0.595 bits per heavy atom. The van der Waals surface area contributed by atoms with Crippen molar-refractivity contribution in [3.8, 4) is 0 Å². The minimum Gasteiger partial charge on any atom is -0.427 e. The monoisotopic (exact) mass is 1100 g/mol. The first-order valence-electron chi connectivity index (χ1n) is 23.9. The second-order valence-corrected chi connectivity index (χ2v) is 30.4. The van der Waals surface area contributed by atoms with Crippen LogP contribution in [0.1, 0.15) is 205 Å². The number of ketones is 3. The summed E-state index contributed by atoms with van der Waals surface area (Å²) in [5.41, 5.74) is 0.323. The third-order valence-electron chi connectivity index (χ3n) is 7.24. The molecule has 3 rings (SSSR count). The van der Waals surface area contributed by atoms with Gasteiger partial charge in [0.25, 0.3) is 0 Å². The van der Waals surface area contributed by atoms with Crippen LogP contribution in [0.2, 0.25) is 6.32 Å². The molecule has 3 aromatic heterocycles. The molecule has 0 aliphatic heterocycles. The summed E-state index contributed by atoms with van der Waals surface area (Å²) in [6, 6.07) is 0. The lowest BCUT2D eigenvalue weighted by molar-refractivity contribution is -0.119. The molecule has 0 saturated heterocycles. The number of hydrogen-bond acceptors (Lipinski definition) is 17. The second kappa shape index (κ2) is 34.9. The van der Waals surface area contributed by atoms with E-state index in [0.717, 1.165) is 30.9 Å². The smallest absolute Gasteiger partial charge is 0.427 e. The van der Waals surface area contributed by atoms with Crippen LogP contribution in [-0.2, 0) is 61.1 Å². The van der Waals surface area contributed by atoms with Crippen LogP contribution >= 0.6 is 7.60 Å². The highest BCUT2D eigenvalue weighted by Gasteiger charge is 2.24. The minimum absolute atomic E-state index is 0. The molecule has 25 heteroatoms. The third-order valence-corrected chi connectivity index (χ3v) is 9.99. The van der Waals surface area contributed by atoms with Crippen LogP contribution in [0.5, 0.6) is 0 Å². The SMILES string of the molecule is C.C.CC(=O)CC(C)(C)C.CC(=O)Cn1nnc(CC(C)(C)C)n1.CC(=O)Cn1nnnc1CC(C)(C)C.CC(C)(C)CB(O)O.CC(C)(C)CP(=O)(O)O.CC(C)(C)CS(C)(=O)=O.CC(C)(C)Cc1nn[nH]n1. The number of hydrogen-bond donors (Lipinski definition) is 5. The zero-order valence-corrected chi connectivity index (χ0v) is 50.7. The minimum atomic E-state index is -3.79. The summed E-state index contributed by atoms with van der Waals surface area (Å²) in [7, 11) is -7.73. The van der Waals surface area contributed by atoms with Gasteiger partial charge >= 0.3 is 14.7 Å². The standard InChI is InChI=1S/2C9H16N4O.C7H14O.C6H12N4.C6H14O2S.C5H13BO2.C5H13O3P.2CH4/c1-7(14)6-13-8(10-11-12-13)5-9(2,3)4;1-7(14)6-13-11-8(10-12-13)5-9(2,3)4;1-6(8)5-7(2,3)4;1-6(2,3)4-5-7-9-10-8-5;1-6(2,3)5-9(4,7)8;1-5(2,3)4-6(7)8;1-5(2,3)4-9(6,7)8;;/h2*5-6H2,1-4H3;5H2,1-4H3;4H2,1-3H3,(H,7,8,9,10);5H2,1-4H3;7-8H,4H2,1-3H3;4H2,1-3H3,(H2,6,7,8);2*1H4. The highest BCUT2D eigenvalue weighted by molar-refractivity contribution is 7.90. The molecule has 0 saturated carbocycles. The van der Waals surface area contributed by atoms with Crippen LogP contribution < -0.4 is 0 Å². The maximum absolute atomic E-state index is 10.9. The van der Waals surface area contributed by atoms with Gasteiger partial charge < -0.3 is 24.6 Å². The second-order valence-electron chi connectivity index (χ2n) is 26.6. The van der Waals surface area contributed by atoms with Gasteiger partial charge in [-0.15, -0.1) is 25.5 Å². The molecule has 436 valence electrons. The number of nitrogens with one attached hydrogen (secondary N) is 1. The van der Waals surface area contributed by atoms with Crippen molar-refractivity contribution < 1.29 is 47.2 Å². The largest absolute Gasteiger partial charge is 0.451 e. The quantitative estimate of drug-likeness (QED) is 0.0886. The highest BCUT2D eigenvalue weighted by Crippen LogP contribution is 2.41. The Bertz CT molecular complexity index is 2130. The van der Waals surface area contributed by atoms with Gasteiger partial charge in [0.2, 0.25) is 0 Å². The summed E-state index contributed by atoms with van der Waals surface area (Å²) in [6.45, 7) is 47.4. The summed E-state index contributed by atoms with van der Waals surface area (Å²) in [6.07, 6.45) is 4.75. The van der Waals surface area contributed by atoms with E-state index in [2.05, 4.69) is 135 Å². The Labute approximate surface area is 448 Å². The van der Waals surface area contributed by atoms with E-state index in [1.807, 2.05) is 41.5 Å². The topological polar surface area (TPSA) is 325 Å². The number of H-pyrrole nitrogens is 1. The lowest BCUT2D eigenvalue weighted by Crippen LogP contribution is -2.19. The molecule has 0 unspecified atom stereocenters. The third kappa shape index (κ3) is 68.3. The van der Waals surface area contributed by atoms with Gasteiger partial charge in [-0.25, -0.2) is 13.1 Å². The van der Waals surface area contributed by atoms with E-state index in [-0.39, 0.29) is 95.1 Å². The van der Waals surface area contributed by atoms with Gasteiger partial charge in [0.1, 0.15) is 28.7 Å². The average molecular weight is 1100 g/mol. The molecule has 0 aromatic carbocycles. The first kappa shape index (κ1) is 81.7. The number of rotatable bonds is 11. The molecular formula is C49H106BN12O10PS. The van der Waals surface area contributed by atoms with E-state index < -0.39 is 24.6 Å². The van der Waals surface area contributed by atoms with E-state index in [1.165, 1.54) is 24.9 Å². The molecule has 0 bridgehead atoms. The molecule has 74 heavy (non-hydrogen) atoms. The zero-order valence-electron chi connectivity index (χ0n) is 49.0. The van der Waals surface area contributed by atoms with Crippen LogP contribution in [0.25, 0.3) is 0 Å². The van der Waals surface area contributed by atoms with E-state index >= 15 is 0 Å². The molecule has 3 aromatic rings. The lowest BCUT2D eigenvalue weighted by Gasteiger charge is -2.17. The van der Waals surface area contributed by atoms with Crippen molar-refractivity contribution in [3.63, 3.8) is 0 Å². The molecule has 0 radical (unpaired) electrons. The Morgan fingerprint density at radius 3 is 1.28 bits per heavy atom. The predicted octanol–water partition coefficient (Wildman–Crippen LogP) is 8.57. The predicted molar refractivity (Wildman–Crippen MR) is 299 cm³/mol. The van der Waals surface area contributed by atoms with Gasteiger partial charge in [-0.3, -0.25) is 14.2 Å². The average Bonchev–Trinajstić information content (AvgIpc) is 3.78. The van der Waals surface area contributed by atoms with Crippen molar-refractivity contribution in [1.82, 2.24) is 61.0 Å². The first-order valence-corrected chi connectivity index (χ1v) is 27.7. The number of carbonyl (C=O) groups excluding carboxylic acids is 3. The van der Waals surface area contributed by atoms with Gasteiger partial charge in [-0.05, 0) is 80.6 Å². The van der Waals surface area contributed by atoms with Gasteiger partial charge in [-0.2, -0.15) is 10.0 Å². The molecule has 0 atom stereocenters. The fourth-order valence-corrected chi connectivity index (χ4v) is 8.49. The molecule has 3 heterocycles. The molecule has 0 amide bonds. The number of nitrogens with zero attached hydrogens (tertiary/aromatic N) is 11. The van der Waals surface area contributed by atoms with Crippen LogP contribution in [0.4, 0.5) is 0 Å². The molecule has 22 nitrogen and oxygen atoms in total. The van der Waals surface area contributed by atoms with Crippen molar-refractivity contribution in [2.24, 2.45) is 37.9 Å². The molecule has 0 aliphatic rings. The van der Waals surface area contributed by atoms with Gasteiger partial charge in [-0.1, -0.05) is 165 Å². The Morgan fingerprint density at radius 2 is 1.04 bits per heavy atom. The summed E-state index contributed by atoms with van der Waals surface area (Å²) in [5.74, 6) is 2.88. The molecule has 0 fully saturated rings. The summed E-state index contributed by atoms with van der Waals surface area (Å²) < 4.78 is 33.2. The number of Topliss-reactive ketones (excluding diaryl/α,β-unsaturated/α-hetero) is 3. The van der Waals surface area contributed by atoms with E-state index in [1.54, 1.807) is 32.4 Å². The lowest BCUT2D eigenvalue weighted by atomic mass is 9.72. The highest BCUT2D eigenvalue weighted by atomic mass is 32.2. The Balaban J connectivity index is -0.000000184. The molecule has 5 N–H and O–H groups in total. The van der Waals surface area contributed by atoms with Crippen molar-refractivity contribution >= 4 is 41.9 Å². The van der Waals surface area contributed by atoms with Gasteiger partial charge in [0.15, 0.2) is 29.0 Å². The van der Waals surface area contributed by atoms with Crippen LogP contribution in [-0.4, -0.2) is 132 Å². The van der Waals surface area contributed by atoms with E-state index in [4.69, 9.17) is 19.8 Å². The normalized spacial score (nSPS) is 11.9. The fourth-order valence-electron chi connectivity index (χ4n) is 5.68. The number of aromatic amines is 1. The van der Waals surface area contributed by atoms with Gasteiger partial charge in [0.05, 0.1) is 11.9 Å². The van der Waals surface area contributed by atoms with Crippen molar-refractivity contribution in [2.45, 2.75) is 226 Å². The summed E-state index contributed by atoms with van der Waals surface area (Å²) >= 11 is 0. The van der Waals surface area contributed by atoms with Crippen molar-refractivity contribution in [1.29, 1.82) is 0 Å². The Kier molecular flexibility index (Phi) is 38.5. The van der Waals surface area contributed by atoms with Crippen LogP contribution in [0.3, 0.4) is 0 Å². The van der Waals surface area contributed by atoms with Gasteiger partial charge in [0, 0.05) is 31.9 Å². The van der Waals surface area contributed by atoms with Crippen molar-refractivity contribution in [2.75, 3.05) is 18.2 Å². The fraction of sp³-hybridized carbons (Fsp3) is 0.878. The molecule has 0 aliphatic carbocycles. The van der Waals surface area contributed by atoms with Crippen LogP contribution in [0.15, 0.2) is 0 Å². The number of tetrazole rings is 3.